The Kier molecular flexibility index (Phi) is 3.66. The van der Waals surface area contributed by atoms with Crippen LogP contribution in [-0.2, 0) is 9.59 Å². The molecule has 0 fully saturated rings. The monoisotopic (exact) mass is 221 g/mol. The van der Waals surface area contributed by atoms with Crippen LogP contribution in [-0.4, -0.2) is 17.0 Å². The fourth-order valence-corrected chi connectivity index (χ4v) is 1.51. The van der Waals surface area contributed by atoms with Crippen molar-refractivity contribution in [2.45, 2.75) is 26.7 Å². The molecule has 0 aliphatic carbocycles. The minimum absolute atomic E-state index is 0.226. The molecular formula is C12H15NO3. The van der Waals surface area contributed by atoms with Crippen LogP contribution in [0.1, 0.15) is 30.9 Å². The van der Waals surface area contributed by atoms with Crippen molar-refractivity contribution in [2.75, 3.05) is 5.32 Å². The van der Waals surface area contributed by atoms with E-state index in [1.165, 1.54) is 0 Å². The average Bonchev–Trinajstić information content (AvgIpc) is 2.20. The summed E-state index contributed by atoms with van der Waals surface area (Å²) in [5, 5.41) is 11.0. The zero-order chi connectivity index (χ0) is 12.3. The number of hydrogen-bond donors (Lipinski definition) is 2. The lowest BCUT2D eigenvalue weighted by atomic mass is 9.98. The van der Waals surface area contributed by atoms with E-state index >= 15 is 0 Å². The fourth-order valence-electron chi connectivity index (χ4n) is 1.51. The van der Waals surface area contributed by atoms with Gasteiger partial charge in [-0.1, -0.05) is 32.0 Å². The topological polar surface area (TPSA) is 66.4 Å². The lowest BCUT2D eigenvalue weighted by Crippen LogP contribution is -2.23. The zero-order valence-electron chi connectivity index (χ0n) is 9.57. The van der Waals surface area contributed by atoms with Gasteiger partial charge < -0.3 is 10.4 Å². The third-order valence-corrected chi connectivity index (χ3v) is 2.36. The first-order chi connectivity index (χ1) is 7.43. The zero-order valence-corrected chi connectivity index (χ0v) is 9.57. The first-order valence-corrected chi connectivity index (χ1v) is 5.07. The van der Waals surface area contributed by atoms with Crippen molar-refractivity contribution in [2.24, 2.45) is 0 Å². The molecule has 0 aromatic heterocycles. The van der Waals surface area contributed by atoms with E-state index in [1.54, 1.807) is 0 Å². The summed E-state index contributed by atoms with van der Waals surface area (Å²) in [7, 11) is 0. The largest absolute Gasteiger partial charge is 0.474 e. The molecule has 0 unspecified atom stereocenters. The second-order valence-electron chi connectivity index (χ2n) is 3.95. The Morgan fingerprint density at radius 2 is 1.94 bits per heavy atom. The van der Waals surface area contributed by atoms with Crippen molar-refractivity contribution < 1.29 is 14.7 Å². The number of rotatable bonds is 2. The molecule has 0 atom stereocenters. The van der Waals surface area contributed by atoms with Crippen molar-refractivity contribution in [1.82, 2.24) is 0 Å². The van der Waals surface area contributed by atoms with Crippen molar-refractivity contribution in [3.8, 4) is 0 Å². The predicted molar refractivity (Wildman–Crippen MR) is 61.5 cm³/mol. The van der Waals surface area contributed by atoms with Crippen molar-refractivity contribution in [3.05, 3.63) is 29.3 Å². The number of carboxylic acid groups (broad SMARTS) is 1. The lowest BCUT2D eigenvalue weighted by molar-refractivity contribution is -0.147. The van der Waals surface area contributed by atoms with E-state index in [0.717, 1.165) is 11.1 Å². The molecular weight excluding hydrogens is 206 g/mol. The number of carboxylic acids is 1. The van der Waals surface area contributed by atoms with Gasteiger partial charge >= 0.3 is 11.9 Å². The Hall–Kier alpha value is -1.84. The molecule has 1 amide bonds. The quantitative estimate of drug-likeness (QED) is 0.752. The highest BCUT2D eigenvalue weighted by Gasteiger charge is 2.16. The summed E-state index contributed by atoms with van der Waals surface area (Å²) in [6.07, 6.45) is 0. The maximum Gasteiger partial charge on any atom is 0.394 e. The lowest BCUT2D eigenvalue weighted by Gasteiger charge is -2.15. The van der Waals surface area contributed by atoms with Crippen molar-refractivity contribution in [3.63, 3.8) is 0 Å². The van der Waals surface area contributed by atoms with E-state index in [1.807, 2.05) is 39.0 Å². The molecule has 0 saturated heterocycles. The van der Waals surface area contributed by atoms with Crippen LogP contribution in [0.5, 0.6) is 0 Å². The van der Waals surface area contributed by atoms with Gasteiger partial charge in [0.05, 0.1) is 0 Å². The number of carbonyl (C=O) groups excluding carboxylic acids is 1. The molecule has 0 bridgehead atoms. The fraction of sp³-hybridized carbons (Fsp3) is 0.333. The molecule has 1 rings (SSSR count). The molecule has 0 saturated carbocycles. The number of aryl methyl sites for hydroxylation is 1. The summed E-state index contributed by atoms with van der Waals surface area (Å²) in [6.45, 7) is 5.82. The summed E-state index contributed by atoms with van der Waals surface area (Å²) >= 11 is 0. The van der Waals surface area contributed by atoms with E-state index in [4.69, 9.17) is 5.11 Å². The normalized spacial score (nSPS) is 10.2. The average molecular weight is 221 g/mol. The van der Waals surface area contributed by atoms with Crippen LogP contribution in [0.15, 0.2) is 18.2 Å². The van der Waals surface area contributed by atoms with Crippen LogP contribution in [0.2, 0.25) is 0 Å². The second-order valence-corrected chi connectivity index (χ2v) is 3.95. The molecule has 0 spiro atoms. The van der Waals surface area contributed by atoms with Gasteiger partial charge in [-0.25, -0.2) is 4.79 Å². The summed E-state index contributed by atoms with van der Waals surface area (Å²) < 4.78 is 0. The highest BCUT2D eigenvalue weighted by atomic mass is 16.4. The Labute approximate surface area is 94.3 Å². The van der Waals surface area contributed by atoms with Gasteiger partial charge in [-0.3, -0.25) is 4.79 Å². The smallest absolute Gasteiger partial charge is 0.394 e. The molecule has 0 heterocycles. The number of hydrogen-bond acceptors (Lipinski definition) is 2. The molecule has 4 heteroatoms. The maximum absolute atomic E-state index is 11.1. The molecule has 1 aromatic carbocycles. The van der Waals surface area contributed by atoms with Gasteiger partial charge in [-0.15, -0.1) is 0 Å². The van der Waals surface area contributed by atoms with Crippen LogP contribution in [0, 0.1) is 6.92 Å². The van der Waals surface area contributed by atoms with Gasteiger partial charge in [0.1, 0.15) is 0 Å². The Bertz CT molecular complexity index is 424. The van der Waals surface area contributed by atoms with Crippen LogP contribution in [0.4, 0.5) is 5.69 Å². The maximum atomic E-state index is 11.1. The van der Waals surface area contributed by atoms with Gasteiger partial charge in [-0.05, 0) is 24.0 Å². The van der Waals surface area contributed by atoms with Gasteiger partial charge in [0.2, 0.25) is 0 Å². The summed E-state index contributed by atoms with van der Waals surface area (Å²) in [5.74, 6) is -2.25. The van der Waals surface area contributed by atoms with Gasteiger partial charge in [-0.2, -0.15) is 0 Å². The predicted octanol–water partition coefficient (Wildman–Crippen LogP) is 2.14. The Balaban J connectivity index is 3.11. The molecule has 0 radical (unpaired) electrons. The molecule has 0 aliphatic heterocycles. The number of para-hydroxylation sites is 1. The first-order valence-electron chi connectivity index (χ1n) is 5.07. The van der Waals surface area contributed by atoms with Crippen LogP contribution in [0.3, 0.4) is 0 Å². The summed E-state index contributed by atoms with van der Waals surface area (Å²) in [5.41, 5.74) is 2.40. The molecule has 4 nitrogen and oxygen atoms in total. The Morgan fingerprint density at radius 1 is 1.31 bits per heavy atom. The molecule has 16 heavy (non-hydrogen) atoms. The van der Waals surface area contributed by atoms with E-state index in [0.29, 0.717) is 5.69 Å². The number of carbonyl (C=O) groups is 2. The third kappa shape index (κ3) is 2.59. The molecule has 1 aromatic rings. The highest BCUT2D eigenvalue weighted by Crippen LogP contribution is 2.27. The molecule has 0 aliphatic rings. The highest BCUT2D eigenvalue weighted by molar-refractivity contribution is 6.36. The minimum atomic E-state index is -1.47. The molecule has 2 N–H and O–H groups in total. The van der Waals surface area contributed by atoms with E-state index in [2.05, 4.69) is 5.32 Å². The molecule has 86 valence electrons. The summed E-state index contributed by atoms with van der Waals surface area (Å²) in [4.78, 5) is 21.6. The SMILES string of the molecule is Cc1cccc(C(C)C)c1NC(=O)C(=O)O. The van der Waals surface area contributed by atoms with Crippen molar-refractivity contribution in [1.29, 1.82) is 0 Å². The van der Waals surface area contributed by atoms with Gasteiger partial charge in [0.15, 0.2) is 0 Å². The van der Waals surface area contributed by atoms with Crippen LogP contribution in [0.25, 0.3) is 0 Å². The van der Waals surface area contributed by atoms with E-state index in [9.17, 15) is 9.59 Å². The van der Waals surface area contributed by atoms with Gasteiger partial charge in [0, 0.05) is 5.69 Å². The summed E-state index contributed by atoms with van der Waals surface area (Å²) in [6, 6.07) is 5.61. The number of benzene rings is 1. The third-order valence-electron chi connectivity index (χ3n) is 2.36. The first kappa shape index (κ1) is 12.2. The van der Waals surface area contributed by atoms with Gasteiger partial charge in [0.25, 0.3) is 0 Å². The minimum Gasteiger partial charge on any atom is -0.474 e. The number of amides is 1. The second kappa shape index (κ2) is 4.79. The van der Waals surface area contributed by atoms with Crippen LogP contribution < -0.4 is 5.32 Å². The van der Waals surface area contributed by atoms with E-state index in [-0.39, 0.29) is 5.92 Å². The number of nitrogens with one attached hydrogen (secondary N) is 1. The number of aliphatic carboxylic acids is 1. The van der Waals surface area contributed by atoms with Crippen molar-refractivity contribution >= 4 is 17.6 Å². The standard InChI is InChI=1S/C12H15NO3/c1-7(2)9-6-4-5-8(3)10(9)13-11(14)12(15)16/h4-7H,1-3H3,(H,13,14)(H,15,16). The van der Waals surface area contributed by atoms with Crippen LogP contribution >= 0.6 is 0 Å². The van der Waals surface area contributed by atoms with E-state index < -0.39 is 11.9 Å². The Morgan fingerprint density at radius 3 is 2.44 bits per heavy atom. The number of anilines is 1.